The Morgan fingerprint density at radius 3 is 2.65 bits per heavy atom. The number of methoxy groups -OCH3 is 1. The summed E-state index contributed by atoms with van der Waals surface area (Å²) in [5.41, 5.74) is -0.481. The van der Waals surface area contributed by atoms with Crippen LogP contribution in [0.3, 0.4) is 0 Å². The minimum absolute atomic E-state index is 0.270. The number of amides is 1. The molecule has 23 heavy (non-hydrogen) atoms. The van der Waals surface area contributed by atoms with Gasteiger partial charge in [0.1, 0.15) is 5.60 Å². The van der Waals surface area contributed by atoms with Crippen LogP contribution < -0.4 is 9.64 Å². The second-order valence-electron chi connectivity index (χ2n) is 6.34. The molecule has 7 nitrogen and oxygen atoms in total. The Balaban J connectivity index is 2.02. The molecule has 8 heteroatoms. The van der Waals surface area contributed by atoms with Crippen LogP contribution >= 0.6 is 15.9 Å². The molecule has 0 aromatic carbocycles. The van der Waals surface area contributed by atoms with E-state index in [2.05, 4.69) is 30.8 Å². The van der Waals surface area contributed by atoms with E-state index in [9.17, 15) is 4.79 Å². The van der Waals surface area contributed by atoms with Crippen LogP contribution in [0.4, 0.5) is 10.7 Å². The van der Waals surface area contributed by atoms with E-state index in [1.807, 2.05) is 20.8 Å². The molecule has 1 fully saturated rings. The predicted octanol–water partition coefficient (Wildman–Crippen LogP) is 2.69. The normalized spacial score (nSPS) is 16.0. The molecule has 0 unspecified atom stereocenters. The minimum Gasteiger partial charge on any atom is -0.480 e. The highest BCUT2D eigenvalue weighted by Gasteiger charge is 2.25. The average Bonchev–Trinajstić information content (AvgIpc) is 2.72. The second-order valence-corrected chi connectivity index (χ2v) is 7.19. The zero-order valence-electron chi connectivity index (χ0n) is 14.0. The van der Waals surface area contributed by atoms with E-state index >= 15 is 0 Å². The van der Waals surface area contributed by atoms with Gasteiger partial charge in [0, 0.05) is 26.2 Å². The third kappa shape index (κ3) is 4.95. The van der Waals surface area contributed by atoms with Crippen LogP contribution in [-0.2, 0) is 4.74 Å². The van der Waals surface area contributed by atoms with Crippen molar-refractivity contribution in [2.24, 2.45) is 0 Å². The van der Waals surface area contributed by atoms with Crippen molar-refractivity contribution in [3.63, 3.8) is 0 Å². The van der Waals surface area contributed by atoms with Gasteiger partial charge >= 0.3 is 6.09 Å². The van der Waals surface area contributed by atoms with Gasteiger partial charge < -0.3 is 19.3 Å². The van der Waals surface area contributed by atoms with Crippen molar-refractivity contribution < 1.29 is 14.3 Å². The van der Waals surface area contributed by atoms with Gasteiger partial charge in [0.2, 0.25) is 11.8 Å². The molecule has 0 spiro atoms. The molecule has 0 N–H and O–H groups in total. The summed E-state index contributed by atoms with van der Waals surface area (Å²) in [5.74, 6) is 1.11. The Hall–Kier alpha value is -1.57. The summed E-state index contributed by atoms with van der Waals surface area (Å²) in [6.07, 6.45) is 2.24. The SMILES string of the molecule is COc1nc(N2CCCN(C(=O)OC(C)(C)C)CC2)ncc1Br. The molecule has 1 amide bonds. The third-order valence-corrected chi connectivity index (χ3v) is 3.87. The third-order valence-electron chi connectivity index (χ3n) is 3.32. The van der Waals surface area contributed by atoms with Crippen molar-refractivity contribution in [3.05, 3.63) is 10.7 Å². The molecule has 1 aromatic rings. The van der Waals surface area contributed by atoms with Crippen LogP contribution in [0.2, 0.25) is 0 Å². The molecule has 0 bridgehead atoms. The first-order valence-corrected chi connectivity index (χ1v) is 8.39. The second kappa shape index (κ2) is 7.33. The lowest BCUT2D eigenvalue weighted by molar-refractivity contribution is 0.0263. The van der Waals surface area contributed by atoms with Gasteiger partial charge in [0.25, 0.3) is 0 Å². The lowest BCUT2D eigenvalue weighted by atomic mass is 10.2. The van der Waals surface area contributed by atoms with Crippen LogP contribution in [0, 0.1) is 0 Å². The number of nitrogens with zero attached hydrogens (tertiary/aromatic N) is 4. The highest BCUT2D eigenvalue weighted by Crippen LogP contribution is 2.24. The van der Waals surface area contributed by atoms with E-state index in [1.165, 1.54) is 0 Å². The van der Waals surface area contributed by atoms with Crippen LogP contribution in [0.1, 0.15) is 27.2 Å². The van der Waals surface area contributed by atoms with Gasteiger partial charge in [-0.2, -0.15) is 4.98 Å². The molecule has 1 aliphatic rings. The summed E-state index contributed by atoms with van der Waals surface area (Å²) in [5, 5.41) is 0. The maximum Gasteiger partial charge on any atom is 0.410 e. The molecule has 2 heterocycles. The summed E-state index contributed by atoms with van der Waals surface area (Å²) in [6.45, 7) is 8.30. The summed E-state index contributed by atoms with van der Waals surface area (Å²) in [6, 6.07) is 0. The Kier molecular flexibility index (Phi) is 5.67. The van der Waals surface area contributed by atoms with E-state index in [1.54, 1.807) is 18.2 Å². The van der Waals surface area contributed by atoms with E-state index in [0.29, 0.717) is 35.9 Å². The summed E-state index contributed by atoms with van der Waals surface area (Å²) < 4.78 is 11.4. The van der Waals surface area contributed by atoms with Crippen molar-refractivity contribution in [1.82, 2.24) is 14.9 Å². The number of aromatic nitrogens is 2. The first kappa shape index (κ1) is 17.8. The van der Waals surface area contributed by atoms with E-state index < -0.39 is 5.60 Å². The Bertz CT molecular complexity index is 562. The number of anilines is 1. The van der Waals surface area contributed by atoms with Crippen LogP contribution in [-0.4, -0.2) is 59.9 Å². The quantitative estimate of drug-likeness (QED) is 0.778. The molecule has 1 saturated heterocycles. The smallest absolute Gasteiger partial charge is 0.410 e. The van der Waals surface area contributed by atoms with Crippen molar-refractivity contribution in [2.45, 2.75) is 32.8 Å². The van der Waals surface area contributed by atoms with E-state index in [4.69, 9.17) is 9.47 Å². The van der Waals surface area contributed by atoms with Gasteiger partial charge in [-0.15, -0.1) is 0 Å². The molecule has 0 aliphatic carbocycles. The number of rotatable bonds is 2. The van der Waals surface area contributed by atoms with Gasteiger partial charge in [-0.1, -0.05) is 0 Å². The summed E-state index contributed by atoms with van der Waals surface area (Å²) >= 11 is 3.35. The largest absolute Gasteiger partial charge is 0.480 e. The first-order chi connectivity index (χ1) is 10.8. The molecule has 0 atom stereocenters. The standard InChI is InChI=1S/C15H23BrN4O3/c1-15(2,3)23-14(21)20-7-5-6-19(8-9-20)13-17-10-11(16)12(18-13)22-4/h10H,5-9H2,1-4H3. The fourth-order valence-corrected chi connectivity index (χ4v) is 2.62. The van der Waals surface area contributed by atoms with Crippen LogP contribution in [0.15, 0.2) is 10.7 Å². The van der Waals surface area contributed by atoms with Gasteiger partial charge in [-0.3, -0.25) is 0 Å². The summed E-state index contributed by atoms with van der Waals surface area (Å²) in [7, 11) is 1.57. The Morgan fingerprint density at radius 1 is 1.26 bits per heavy atom. The molecular formula is C15H23BrN4O3. The van der Waals surface area contributed by atoms with E-state index in [-0.39, 0.29) is 6.09 Å². The highest BCUT2D eigenvalue weighted by molar-refractivity contribution is 9.10. The monoisotopic (exact) mass is 386 g/mol. The minimum atomic E-state index is -0.481. The first-order valence-electron chi connectivity index (χ1n) is 7.59. The van der Waals surface area contributed by atoms with Crippen molar-refractivity contribution in [1.29, 1.82) is 0 Å². The maximum absolute atomic E-state index is 12.2. The number of carbonyl (C=O) groups is 1. The number of carbonyl (C=O) groups excluding carboxylic acids is 1. The lowest BCUT2D eigenvalue weighted by Crippen LogP contribution is -2.39. The molecule has 128 valence electrons. The molecule has 2 rings (SSSR count). The van der Waals surface area contributed by atoms with Crippen molar-refractivity contribution >= 4 is 28.0 Å². The van der Waals surface area contributed by atoms with Gasteiger partial charge in [-0.25, -0.2) is 9.78 Å². The van der Waals surface area contributed by atoms with Crippen molar-refractivity contribution in [3.8, 4) is 5.88 Å². The molecule has 1 aromatic heterocycles. The topological polar surface area (TPSA) is 67.8 Å². The maximum atomic E-state index is 12.2. The fraction of sp³-hybridized carbons (Fsp3) is 0.667. The molecule has 0 radical (unpaired) electrons. The predicted molar refractivity (Wildman–Crippen MR) is 90.9 cm³/mol. The lowest BCUT2D eigenvalue weighted by Gasteiger charge is -2.26. The summed E-state index contributed by atoms with van der Waals surface area (Å²) in [4.78, 5) is 24.7. The molecule has 1 aliphatic heterocycles. The highest BCUT2D eigenvalue weighted by atomic mass is 79.9. The Labute approximate surface area is 145 Å². The van der Waals surface area contributed by atoms with Crippen LogP contribution in [0.25, 0.3) is 0 Å². The van der Waals surface area contributed by atoms with Gasteiger partial charge in [0.05, 0.1) is 17.8 Å². The zero-order valence-corrected chi connectivity index (χ0v) is 15.6. The van der Waals surface area contributed by atoms with Gasteiger partial charge in [0.15, 0.2) is 0 Å². The fourth-order valence-electron chi connectivity index (χ4n) is 2.26. The number of ether oxygens (including phenoxy) is 2. The average molecular weight is 387 g/mol. The Morgan fingerprint density at radius 2 is 2.00 bits per heavy atom. The number of hydrogen-bond acceptors (Lipinski definition) is 6. The van der Waals surface area contributed by atoms with Crippen molar-refractivity contribution in [2.75, 3.05) is 38.2 Å². The van der Waals surface area contributed by atoms with E-state index in [0.717, 1.165) is 13.0 Å². The molecular weight excluding hydrogens is 364 g/mol. The molecule has 0 saturated carbocycles. The van der Waals surface area contributed by atoms with Crippen LogP contribution in [0.5, 0.6) is 5.88 Å². The number of hydrogen-bond donors (Lipinski definition) is 0. The van der Waals surface area contributed by atoms with Gasteiger partial charge in [-0.05, 0) is 43.1 Å². The zero-order chi connectivity index (χ0) is 17.0. The number of halogens is 1.